The first kappa shape index (κ1) is 17.7. The fourth-order valence-electron chi connectivity index (χ4n) is 2.52. The van der Waals surface area contributed by atoms with Gasteiger partial charge in [0.1, 0.15) is 5.92 Å². The van der Waals surface area contributed by atoms with Gasteiger partial charge in [0.25, 0.3) is 0 Å². The molecular weight excluding hydrogens is 318 g/mol. The lowest BCUT2D eigenvalue weighted by molar-refractivity contribution is -0.132. The highest BCUT2D eigenvalue weighted by atomic mass is 35.5. The van der Waals surface area contributed by atoms with Gasteiger partial charge in [-0.2, -0.15) is 0 Å². The van der Waals surface area contributed by atoms with Crippen molar-refractivity contribution in [1.29, 1.82) is 0 Å². The largest absolute Gasteiger partial charge is 0.383 e. The number of methoxy groups -OCH3 is 1. The number of hydrogen-bond donors (Lipinski definition) is 2. The van der Waals surface area contributed by atoms with Gasteiger partial charge < -0.3 is 20.3 Å². The lowest BCUT2D eigenvalue weighted by Crippen LogP contribution is -2.39. The van der Waals surface area contributed by atoms with Gasteiger partial charge in [-0.05, 0) is 24.6 Å². The Morgan fingerprint density at radius 2 is 2.22 bits per heavy atom. The van der Waals surface area contributed by atoms with Gasteiger partial charge in [0.05, 0.1) is 6.61 Å². The van der Waals surface area contributed by atoms with E-state index in [0.717, 1.165) is 12.2 Å². The Hall–Kier alpha value is -1.63. The summed E-state index contributed by atoms with van der Waals surface area (Å²) in [5, 5.41) is 6.51. The summed E-state index contributed by atoms with van der Waals surface area (Å²) in [4.78, 5) is 26.2. The van der Waals surface area contributed by atoms with Crippen molar-refractivity contribution >= 4 is 29.1 Å². The van der Waals surface area contributed by atoms with E-state index >= 15 is 0 Å². The van der Waals surface area contributed by atoms with Crippen molar-refractivity contribution in [2.75, 3.05) is 44.8 Å². The molecule has 0 saturated carbocycles. The monoisotopic (exact) mass is 339 g/mol. The van der Waals surface area contributed by atoms with E-state index in [0.29, 0.717) is 37.7 Å². The van der Waals surface area contributed by atoms with E-state index in [4.69, 9.17) is 16.3 Å². The molecule has 126 valence electrons. The topological polar surface area (TPSA) is 70.7 Å². The van der Waals surface area contributed by atoms with Gasteiger partial charge in [-0.3, -0.25) is 9.59 Å². The quantitative estimate of drug-likeness (QED) is 0.548. The first-order chi connectivity index (χ1) is 11.1. The second-order valence-electron chi connectivity index (χ2n) is 5.34. The minimum atomic E-state index is -0.618. The van der Waals surface area contributed by atoms with Crippen molar-refractivity contribution in [3.63, 3.8) is 0 Å². The van der Waals surface area contributed by atoms with E-state index in [1.807, 2.05) is 6.07 Å². The summed E-state index contributed by atoms with van der Waals surface area (Å²) in [6, 6.07) is 7.11. The molecule has 0 aliphatic carbocycles. The highest BCUT2D eigenvalue weighted by Crippen LogP contribution is 2.27. The molecule has 0 radical (unpaired) electrons. The molecule has 6 nitrogen and oxygen atoms in total. The molecule has 2 rings (SSSR count). The first-order valence-corrected chi connectivity index (χ1v) is 8.05. The molecule has 1 fully saturated rings. The van der Waals surface area contributed by atoms with Gasteiger partial charge in [0.15, 0.2) is 0 Å². The molecule has 23 heavy (non-hydrogen) atoms. The molecule has 1 aliphatic heterocycles. The van der Waals surface area contributed by atoms with E-state index in [1.165, 1.54) is 0 Å². The van der Waals surface area contributed by atoms with Crippen LogP contribution in [0.15, 0.2) is 24.3 Å². The third-order valence-electron chi connectivity index (χ3n) is 3.73. The van der Waals surface area contributed by atoms with Crippen LogP contribution in [0, 0.1) is 5.92 Å². The maximum absolute atomic E-state index is 12.4. The molecule has 1 atom stereocenters. The van der Waals surface area contributed by atoms with Crippen LogP contribution < -0.4 is 15.5 Å². The van der Waals surface area contributed by atoms with E-state index < -0.39 is 5.92 Å². The average Bonchev–Trinajstić information content (AvgIpc) is 2.92. The summed E-state index contributed by atoms with van der Waals surface area (Å²) >= 11 is 5.96. The number of halogens is 1. The zero-order valence-corrected chi connectivity index (χ0v) is 13.9. The Morgan fingerprint density at radius 1 is 1.39 bits per heavy atom. The van der Waals surface area contributed by atoms with Crippen LogP contribution in [0.3, 0.4) is 0 Å². The molecule has 1 aromatic carbocycles. The van der Waals surface area contributed by atoms with E-state index in [1.54, 1.807) is 30.2 Å². The number of rotatable bonds is 8. The number of carbonyl (C=O) groups is 2. The highest BCUT2D eigenvalue weighted by Gasteiger charge is 2.37. The molecule has 0 aromatic heterocycles. The smallest absolute Gasteiger partial charge is 0.239 e. The predicted octanol–water partition coefficient (Wildman–Crippen LogP) is 1.05. The summed E-state index contributed by atoms with van der Waals surface area (Å²) in [5.74, 6) is -1.00. The number of nitrogens with zero attached hydrogens (tertiary/aromatic N) is 1. The van der Waals surface area contributed by atoms with Crippen molar-refractivity contribution < 1.29 is 14.3 Å². The Labute approximate surface area is 141 Å². The molecule has 2 amide bonds. The Balaban J connectivity index is 1.80. The van der Waals surface area contributed by atoms with Gasteiger partial charge in [-0.1, -0.05) is 17.7 Å². The van der Waals surface area contributed by atoms with Gasteiger partial charge in [-0.15, -0.1) is 0 Å². The van der Waals surface area contributed by atoms with Crippen LogP contribution in [0.4, 0.5) is 5.69 Å². The van der Waals surface area contributed by atoms with Crippen LogP contribution >= 0.6 is 11.6 Å². The predicted molar refractivity (Wildman–Crippen MR) is 89.7 cm³/mol. The van der Waals surface area contributed by atoms with Crippen LogP contribution in [0.25, 0.3) is 0 Å². The Kier molecular flexibility index (Phi) is 6.83. The molecule has 0 bridgehead atoms. The van der Waals surface area contributed by atoms with Gasteiger partial charge in [0.2, 0.25) is 11.8 Å². The van der Waals surface area contributed by atoms with Crippen LogP contribution in [0.5, 0.6) is 0 Å². The van der Waals surface area contributed by atoms with Crippen molar-refractivity contribution in [3.8, 4) is 0 Å². The molecular formula is C16H22ClN3O3. The van der Waals surface area contributed by atoms with E-state index in [9.17, 15) is 9.59 Å². The van der Waals surface area contributed by atoms with Crippen molar-refractivity contribution in [1.82, 2.24) is 10.6 Å². The summed E-state index contributed by atoms with van der Waals surface area (Å²) in [6.07, 6.45) is 0.522. The minimum Gasteiger partial charge on any atom is -0.383 e. The van der Waals surface area contributed by atoms with Crippen LogP contribution in [-0.4, -0.2) is 51.7 Å². The Morgan fingerprint density at radius 3 is 2.96 bits per heavy atom. The number of anilines is 1. The summed E-state index contributed by atoms with van der Waals surface area (Å²) in [5.41, 5.74) is 0.735. The highest BCUT2D eigenvalue weighted by molar-refractivity contribution is 6.31. The first-order valence-electron chi connectivity index (χ1n) is 7.68. The van der Waals surface area contributed by atoms with Gasteiger partial charge in [-0.25, -0.2) is 0 Å². The van der Waals surface area contributed by atoms with Crippen LogP contribution in [-0.2, 0) is 14.3 Å². The van der Waals surface area contributed by atoms with Crippen LogP contribution in [0.1, 0.15) is 6.42 Å². The van der Waals surface area contributed by atoms with Gasteiger partial charge in [0, 0.05) is 44.0 Å². The summed E-state index contributed by atoms with van der Waals surface area (Å²) < 4.78 is 4.92. The molecule has 1 unspecified atom stereocenters. The fourth-order valence-corrected chi connectivity index (χ4v) is 2.70. The third-order valence-corrected chi connectivity index (χ3v) is 3.96. The summed E-state index contributed by atoms with van der Waals surface area (Å²) in [6.45, 7) is 3.03. The molecule has 0 spiro atoms. The number of carbonyl (C=O) groups excluding carboxylic acids is 2. The number of nitrogens with one attached hydrogen (secondary N) is 2. The maximum atomic E-state index is 12.4. The molecule has 1 saturated heterocycles. The normalized spacial score (nSPS) is 17.6. The number of ether oxygens (including phenoxy) is 1. The van der Waals surface area contributed by atoms with Crippen LogP contribution in [0.2, 0.25) is 5.02 Å². The number of amides is 2. The average molecular weight is 340 g/mol. The van der Waals surface area contributed by atoms with Crippen molar-refractivity contribution in [2.45, 2.75) is 6.42 Å². The standard InChI is InChI=1S/C16H22ClN3O3/c1-23-10-8-18-6-7-19-15(21)14-5-9-20(16(14)22)13-4-2-3-12(17)11-13/h2-4,11,14,18H,5-10H2,1H3,(H,19,21). The number of hydrogen-bond acceptors (Lipinski definition) is 4. The zero-order chi connectivity index (χ0) is 16.7. The molecule has 1 aromatic rings. The molecule has 1 heterocycles. The van der Waals surface area contributed by atoms with E-state index in [-0.39, 0.29) is 11.8 Å². The maximum Gasteiger partial charge on any atom is 0.239 e. The fraction of sp³-hybridized carbons (Fsp3) is 0.500. The lowest BCUT2D eigenvalue weighted by Gasteiger charge is -2.17. The minimum absolute atomic E-state index is 0.169. The molecule has 2 N–H and O–H groups in total. The Bertz CT molecular complexity index is 553. The van der Waals surface area contributed by atoms with Crippen molar-refractivity contribution in [3.05, 3.63) is 29.3 Å². The zero-order valence-electron chi connectivity index (χ0n) is 13.2. The summed E-state index contributed by atoms with van der Waals surface area (Å²) in [7, 11) is 1.64. The lowest BCUT2D eigenvalue weighted by atomic mass is 10.1. The SMILES string of the molecule is COCCNCCNC(=O)C1CCN(c2cccc(Cl)c2)C1=O. The third kappa shape index (κ3) is 4.92. The second-order valence-corrected chi connectivity index (χ2v) is 5.78. The van der Waals surface area contributed by atoms with Gasteiger partial charge >= 0.3 is 0 Å². The van der Waals surface area contributed by atoms with E-state index in [2.05, 4.69) is 10.6 Å². The molecule has 1 aliphatic rings. The second kappa shape index (κ2) is 8.86. The molecule has 7 heteroatoms. The number of benzene rings is 1. The van der Waals surface area contributed by atoms with Crippen molar-refractivity contribution in [2.24, 2.45) is 5.92 Å².